The summed E-state index contributed by atoms with van der Waals surface area (Å²) in [6, 6.07) is 9.21. The maximum absolute atomic E-state index is 13.2. The number of nitrogens with zero attached hydrogens (tertiary/aromatic N) is 2. The van der Waals surface area contributed by atoms with Crippen molar-refractivity contribution in [1.29, 1.82) is 0 Å². The summed E-state index contributed by atoms with van der Waals surface area (Å²) in [6.45, 7) is 3.69. The predicted molar refractivity (Wildman–Crippen MR) is 97.3 cm³/mol. The van der Waals surface area contributed by atoms with Gasteiger partial charge in [0.1, 0.15) is 5.69 Å². The summed E-state index contributed by atoms with van der Waals surface area (Å²) in [7, 11) is 1.52. The first-order chi connectivity index (χ1) is 12.7. The van der Waals surface area contributed by atoms with Crippen molar-refractivity contribution < 1.29 is 22.7 Å². The second-order valence-electron chi connectivity index (χ2n) is 5.91. The Labute approximate surface area is 159 Å². The molecule has 9 heteroatoms. The highest BCUT2D eigenvalue weighted by Gasteiger charge is 2.34. The Bertz CT molecular complexity index is 772. The van der Waals surface area contributed by atoms with Gasteiger partial charge in [-0.05, 0) is 19.9 Å². The molecule has 0 saturated carbocycles. The van der Waals surface area contributed by atoms with Gasteiger partial charge in [-0.2, -0.15) is 13.2 Å². The third-order valence-corrected chi connectivity index (χ3v) is 4.48. The summed E-state index contributed by atoms with van der Waals surface area (Å²) in [5.41, 5.74) is -0.349. The third kappa shape index (κ3) is 6.21. The lowest BCUT2D eigenvalue weighted by molar-refractivity contribution is -0.141. The number of amides is 1. The number of halogens is 3. The summed E-state index contributed by atoms with van der Waals surface area (Å²) in [6.07, 6.45) is -4.61. The number of benzene rings is 1. The fourth-order valence-electron chi connectivity index (χ4n) is 2.24. The highest BCUT2D eigenvalue weighted by atomic mass is 32.2. The fraction of sp³-hybridized carbons (Fsp3) is 0.389. The first-order valence-corrected chi connectivity index (χ1v) is 9.06. The topological polar surface area (TPSA) is 64.1 Å². The minimum absolute atomic E-state index is 0.106. The van der Waals surface area contributed by atoms with Gasteiger partial charge in [0, 0.05) is 18.7 Å². The Morgan fingerprint density at radius 2 is 1.89 bits per heavy atom. The molecule has 2 rings (SSSR count). The number of hydrogen-bond acceptors (Lipinski definition) is 5. The molecule has 27 heavy (non-hydrogen) atoms. The van der Waals surface area contributed by atoms with Gasteiger partial charge in [-0.25, -0.2) is 9.97 Å². The van der Waals surface area contributed by atoms with Crippen molar-refractivity contribution >= 4 is 17.7 Å². The summed E-state index contributed by atoms with van der Waals surface area (Å²) in [5, 5.41) is 1.95. The second kappa shape index (κ2) is 9.18. The Morgan fingerprint density at radius 1 is 1.22 bits per heavy atom. The molecule has 2 aromatic rings. The second-order valence-corrected chi connectivity index (χ2v) is 7.22. The van der Waals surface area contributed by atoms with Crippen LogP contribution < -0.4 is 5.32 Å². The smallest absolute Gasteiger partial charge is 0.383 e. The zero-order valence-electron chi connectivity index (χ0n) is 15.1. The summed E-state index contributed by atoms with van der Waals surface area (Å²) < 4.78 is 44.6. The molecule has 0 bridgehead atoms. The van der Waals surface area contributed by atoms with Crippen LogP contribution in [0.1, 0.15) is 19.5 Å². The van der Waals surface area contributed by atoms with Crippen LogP contribution in [0.15, 0.2) is 41.6 Å². The number of carbonyl (C=O) groups excluding carboxylic acids is 1. The van der Waals surface area contributed by atoms with Gasteiger partial charge < -0.3 is 10.1 Å². The van der Waals surface area contributed by atoms with Crippen LogP contribution in [0.3, 0.4) is 0 Å². The van der Waals surface area contributed by atoms with Crippen molar-refractivity contribution in [3.8, 4) is 11.3 Å². The molecule has 0 aliphatic rings. The van der Waals surface area contributed by atoms with E-state index in [4.69, 9.17) is 4.74 Å². The molecule has 0 fully saturated rings. The summed E-state index contributed by atoms with van der Waals surface area (Å²) >= 11 is 0.876. The van der Waals surface area contributed by atoms with E-state index < -0.39 is 17.1 Å². The minimum Gasteiger partial charge on any atom is -0.383 e. The van der Waals surface area contributed by atoms with E-state index in [0.717, 1.165) is 17.8 Å². The van der Waals surface area contributed by atoms with E-state index in [0.29, 0.717) is 12.2 Å². The average molecular weight is 399 g/mol. The van der Waals surface area contributed by atoms with Gasteiger partial charge in [0.2, 0.25) is 5.91 Å². The lowest BCUT2D eigenvalue weighted by Crippen LogP contribution is -2.40. The molecule has 2 atom stereocenters. The molecule has 146 valence electrons. The fourth-order valence-corrected chi connectivity index (χ4v) is 3.04. The standard InChI is InChI=1S/C18H20F3N3O2S/c1-11(10-26-3)22-16(25)12(2)27-17-23-14(13-7-5-4-6-8-13)9-15(24-17)18(19,20)21/h4-9,11-12H,10H2,1-3H3,(H,22,25)/t11-,12+/m1/s1. The van der Waals surface area contributed by atoms with Crippen molar-refractivity contribution in [2.75, 3.05) is 13.7 Å². The largest absolute Gasteiger partial charge is 0.433 e. The van der Waals surface area contributed by atoms with Crippen LogP contribution in [0.5, 0.6) is 0 Å². The molecule has 0 saturated heterocycles. The Kier molecular flexibility index (Phi) is 7.20. The molecule has 0 radical (unpaired) electrons. The molecule has 0 unspecified atom stereocenters. The normalized spacial score (nSPS) is 13.9. The number of methoxy groups -OCH3 is 1. The Balaban J connectivity index is 2.26. The van der Waals surface area contributed by atoms with E-state index in [1.54, 1.807) is 44.2 Å². The minimum atomic E-state index is -4.61. The first-order valence-electron chi connectivity index (χ1n) is 8.18. The summed E-state index contributed by atoms with van der Waals surface area (Å²) in [5.74, 6) is -0.327. The zero-order chi connectivity index (χ0) is 20.0. The highest BCUT2D eigenvalue weighted by molar-refractivity contribution is 8.00. The first kappa shape index (κ1) is 21.2. The summed E-state index contributed by atoms with van der Waals surface area (Å²) in [4.78, 5) is 20.0. The van der Waals surface area contributed by atoms with Crippen molar-refractivity contribution in [3.05, 3.63) is 42.1 Å². The maximum Gasteiger partial charge on any atom is 0.433 e. The van der Waals surface area contributed by atoms with Gasteiger partial charge in [-0.15, -0.1) is 0 Å². The molecule has 0 aliphatic heterocycles. The molecule has 1 aromatic carbocycles. The SMILES string of the molecule is COC[C@@H](C)NC(=O)[C@H](C)Sc1nc(-c2ccccc2)cc(C(F)(F)F)n1. The van der Waals surface area contributed by atoms with E-state index in [2.05, 4.69) is 15.3 Å². The number of rotatable bonds is 7. The lowest BCUT2D eigenvalue weighted by Gasteiger charge is -2.17. The Hall–Kier alpha value is -2.13. The van der Waals surface area contributed by atoms with Crippen LogP contribution in [0.2, 0.25) is 0 Å². The van der Waals surface area contributed by atoms with Crippen LogP contribution in [-0.2, 0) is 15.7 Å². The molecular formula is C18H20F3N3O2S. The van der Waals surface area contributed by atoms with Crippen molar-refractivity contribution in [2.24, 2.45) is 0 Å². The van der Waals surface area contributed by atoms with Crippen LogP contribution in [0, 0.1) is 0 Å². The van der Waals surface area contributed by atoms with E-state index in [9.17, 15) is 18.0 Å². The molecule has 1 N–H and O–H groups in total. The third-order valence-electron chi connectivity index (χ3n) is 3.52. The molecule has 0 spiro atoms. The number of thioether (sulfide) groups is 1. The van der Waals surface area contributed by atoms with Gasteiger partial charge >= 0.3 is 6.18 Å². The van der Waals surface area contributed by atoms with Crippen LogP contribution >= 0.6 is 11.8 Å². The quantitative estimate of drug-likeness (QED) is 0.567. The molecule has 0 aliphatic carbocycles. The van der Waals surface area contributed by atoms with E-state index >= 15 is 0 Å². The van der Waals surface area contributed by atoms with Crippen molar-refractivity contribution in [2.45, 2.75) is 36.5 Å². The van der Waals surface area contributed by atoms with Gasteiger partial charge in [-0.3, -0.25) is 4.79 Å². The number of nitrogens with one attached hydrogen (secondary N) is 1. The van der Waals surface area contributed by atoms with Crippen LogP contribution in [0.25, 0.3) is 11.3 Å². The molecule has 1 aromatic heterocycles. The predicted octanol–water partition coefficient (Wildman–Crippen LogP) is 3.79. The van der Waals surface area contributed by atoms with Gasteiger partial charge in [-0.1, -0.05) is 42.1 Å². The molecule has 1 heterocycles. The van der Waals surface area contributed by atoms with Crippen molar-refractivity contribution in [1.82, 2.24) is 15.3 Å². The van der Waals surface area contributed by atoms with Crippen LogP contribution in [-0.4, -0.2) is 40.9 Å². The van der Waals surface area contributed by atoms with Gasteiger partial charge in [0.05, 0.1) is 17.6 Å². The average Bonchev–Trinajstić information content (AvgIpc) is 2.61. The number of aromatic nitrogens is 2. The van der Waals surface area contributed by atoms with Gasteiger partial charge in [0.15, 0.2) is 5.16 Å². The number of ether oxygens (including phenoxy) is 1. The number of carbonyl (C=O) groups is 1. The van der Waals surface area contributed by atoms with Crippen molar-refractivity contribution in [3.63, 3.8) is 0 Å². The van der Waals surface area contributed by atoms with E-state index in [1.807, 2.05) is 0 Å². The Morgan fingerprint density at radius 3 is 2.48 bits per heavy atom. The van der Waals surface area contributed by atoms with Gasteiger partial charge in [0.25, 0.3) is 0 Å². The maximum atomic E-state index is 13.2. The number of alkyl halides is 3. The highest BCUT2D eigenvalue weighted by Crippen LogP contribution is 2.32. The van der Waals surface area contributed by atoms with Crippen LogP contribution in [0.4, 0.5) is 13.2 Å². The molecular weight excluding hydrogens is 379 g/mol. The van der Waals surface area contributed by atoms with E-state index in [1.165, 1.54) is 7.11 Å². The van der Waals surface area contributed by atoms with E-state index in [-0.39, 0.29) is 22.8 Å². The monoisotopic (exact) mass is 399 g/mol. The lowest BCUT2D eigenvalue weighted by atomic mass is 10.1. The zero-order valence-corrected chi connectivity index (χ0v) is 15.9. The molecule has 5 nitrogen and oxygen atoms in total. The molecule has 1 amide bonds. The number of hydrogen-bond donors (Lipinski definition) is 1.